The summed E-state index contributed by atoms with van der Waals surface area (Å²) in [4.78, 5) is 43.2. The Labute approximate surface area is 225 Å². The molecule has 8 heteroatoms. The number of hydrogen-bond donors (Lipinski definition) is 3. The smallest absolute Gasteiger partial charge is 0.272 e. The molecule has 0 unspecified atom stereocenters. The van der Waals surface area contributed by atoms with E-state index in [-0.39, 0.29) is 23.3 Å². The maximum atomic E-state index is 13.3. The van der Waals surface area contributed by atoms with E-state index in [1.54, 1.807) is 73.1 Å². The first-order chi connectivity index (χ1) is 18.5. The number of hydrogen-bond acceptors (Lipinski definition) is 5. The van der Waals surface area contributed by atoms with E-state index in [1.165, 1.54) is 11.8 Å². The van der Waals surface area contributed by atoms with Crippen molar-refractivity contribution >= 4 is 46.9 Å². The second kappa shape index (κ2) is 13.0. The lowest BCUT2D eigenvalue weighted by Gasteiger charge is -2.13. The van der Waals surface area contributed by atoms with Gasteiger partial charge in [0.2, 0.25) is 5.91 Å². The third kappa shape index (κ3) is 7.65. The van der Waals surface area contributed by atoms with Gasteiger partial charge in [-0.3, -0.25) is 19.4 Å². The van der Waals surface area contributed by atoms with Crippen molar-refractivity contribution in [1.29, 1.82) is 0 Å². The largest absolute Gasteiger partial charge is 0.325 e. The standard InChI is InChI=1S/C30H26N4O3S/c1-21-8-5-6-11-23(21)18-27(34-29(36)22-9-3-2-4-10-22)30(37)33-25-12-7-13-26(19-25)38-20-28(35)32-24-14-16-31-17-15-24/h2-19H,20H2,1H3,(H,33,37)(H,34,36)(H,31,32,35)/b27-18-. The van der Waals surface area contributed by atoms with Crippen LogP contribution in [-0.2, 0) is 9.59 Å². The average Bonchev–Trinajstić information content (AvgIpc) is 2.94. The van der Waals surface area contributed by atoms with Gasteiger partial charge >= 0.3 is 0 Å². The van der Waals surface area contributed by atoms with E-state index in [9.17, 15) is 14.4 Å². The van der Waals surface area contributed by atoms with Crippen molar-refractivity contribution in [2.45, 2.75) is 11.8 Å². The molecule has 0 aliphatic carbocycles. The zero-order chi connectivity index (χ0) is 26.7. The van der Waals surface area contributed by atoms with Crippen LogP contribution in [0.4, 0.5) is 11.4 Å². The first kappa shape index (κ1) is 26.4. The molecule has 0 spiro atoms. The molecule has 0 saturated heterocycles. The molecule has 0 saturated carbocycles. The average molecular weight is 523 g/mol. The van der Waals surface area contributed by atoms with Gasteiger partial charge in [-0.25, -0.2) is 0 Å². The molecule has 0 aliphatic rings. The molecule has 7 nitrogen and oxygen atoms in total. The number of amides is 3. The molecule has 1 heterocycles. The number of thioether (sulfide) groups is 1. The topological polar surface area (TPSA) is 100 Å². The monoisotopic (exact) mass is 522 g/mol. The van der Waals surface area contributed by atoms with Crippen LogP contribution in [0.15, 0.2) is 114 Å². The number of aryl methyl sites for hydroxylation is 1. The van der Waals surface area contributed by atoms with Crippen LogP contribution >= 0.6 is 11.8 Å². The van der Waals surface area contributed by atoms with Crippen LogP contribution in [0.3, 0.4) is 0 Å². The van der Waals surface area contributed by atoms with Gasteiger partial charge in [0.05, 0.1) is 5.75 Å². The first-order valence-electron chi connectivity index (χ1n) is 11.9. The number of nitrogens with zero attached hydrogens (tertiary/aromatic N) is 1. The van der Waals surface area contributed by atoms with E-state index >= 15 is 0 Å². The Bertz CT molecular complexity index is 1460. The number of benzene rings is 3. The zero-order valence-electron chi connectivity index (χ0n) is 20.7. The van der Waals surface area contributed by atoms with Gasteiger partial charge in [-0.1, -0.05) is 48.5 Å². The molecule has 3 amide bonds. The number of aromatic nitrogens is 1. The summed E-state index contributed by atoms with van der Waals surface area (Å²) in [6, 6.07) is 27.0. The van der Waals surface area contributed by atoms with Crippen LogP contribution in [-0.4, -0.2) is 28.5 Å². The van der Waals surface area contributed by atoms with Gasteiger partial charge < -0.3 is 16.0 Å². The Balaban J connectivity index is 1.46. The molecule has 190 valence electrons. The summed E-state index contributed by atoms with van der Waals surface area (Å²) >= 11 is 1.35. The molecule has 0 radical (unpaired) electrons. The Morgan fingerprint density at radius 3 is 2.32 bits per heavy atom. The van der Waals surface area contributed by atoms with Crippen LogP contribution in [0, 0.1) is 6.92 Å². The molecule has 4 aromatic rings. The van der Waals surface area contributed by atoms with E-state index in [2.05, 4.69) is 20.9 Å². The molecule has 4 rings (SSSR count). The zero-order valence-corrected chi connectivity index (χ0v) is 21.5. The number of pyridine rings is 1. The van der Waals surface area contributed by atoms with Crippen LogP contribution in [0.25, 0.3) is 6.08 Å². The molecule has 1 aromatic heterocycles. The van der Waals surface area contributed by atoms with Crippen molar-refractivity contribution in [2.75, 3.05) is 16.4 Å². The Morgan fingerprint density at radius 1 is 0.816 bits per heavy atom. The highest BCUT2D eigenvalue weighted by Gasteiger charge is 2.16. The van der Waals surface area contributed by atoms with Crippen molar-refractivity contribution in [3.8, 4) is 0 Å². The predicted molar refractivity (Wildman–Crippen MR) is 152 cm³/mol. The Hall–Kier alpha value is -4.69. The lowest BCUT2D eigenvalue weighted by molar-refractivity contribution is -0.114. The van der Waals surface area contributed by atoms with Crippen molar-refractivity contribution in [1.82, 2.24) is 10.3 Å². The Kier molecular flexibility index (Phi) is 9.04. The summed E-state index contributed by atoms with van der Waals surface area (Å²) in [7, 11) is 0. The predicted octanol–water partition coefficient (Wildman–Crippen LogP) is 5.53. The highest BCUT2D eigenvalue weighted by molar-refractivity contribution is 8.00. The van der Waals surface area contributed by atoms with Gasteiger partial charge in [0.25, 0.3) is 11.8 Å². The van der Waals surface area contributed by atoms with Gasteiger partial charge in [-0.2, -0.15) is 0 Å². The van der Waals surface area contributed by atoms with Gasteiger partial charge in [-0.05, 0) is 66.6 Å². The number of rotatable bonds is 9. The summed E-state index contributed by atoms with van der Waals surface area (Å²) in [5, 5.41) is 8.43. The lowest BCUT2D eigenvalue weighted by Crippen LogP contribution is -2.30. The van der Waals surface area contributed by atoms with Gasteiger partial charge in [0.15, 0.2) is 0 Å². The van der Waals surface area contributed by atoms with Crippen molar-refractivity contribution in [2.24, 2.45) is 0 Å². The highest BCUT2D eigenvalue weighted by Crippen LogP contribution is 2.23. The molecule has 3 aromatic carbocycles. The first-order valence-corrected chi connectivity index (χ1v) is 12.8. The van der Waals surface area contributed by atoms with E-state index in [4.69, 9.17) is 0 Å². The minimum Gasteiger partial charge on any atom is -0.325 e. The van der Waals surface area contributed by atoms with Crippen molar-refractivity contribution in [3.63, 3.8) is 0 Å². The van der Waals surface area contributed by atoms with E-state index in [1.807, 2.05) is 43.3 Å². The molecule has 0 fully saturated rings. The quantitative estimate of drug-likeness (QED) is 0.198. The number of carbonyl (C=O) groups is 3. The second-order valence-corrected chi connectivity index (χ2v) is 9.34. The van der Waals surface area contributed by atoms with E-state index in [0.717, 1.165) is 16.0 Å². The number of nitrogens with one attached hydrogen (secondary N) is 3. The maximum absolute atomic E-state index is 13.3. The summed E-state index contributed by atoms with van der Waals surface area (Å²) in [5.41, 5.74) is 3.56. The van der Waals surface area contributed by atoms with Crippen LogP contribution in [0.5, 0.6) is 0 Å². The minimum atomic E-state index is -0.463. The third-order valence-corrected chi connectivity index (χ3v) is 6.44. The molecule has 0 bridgehead atoms. The second-order valence-electron chi connectivity index (χ2n) is 8.29. The number of anilines is 2. The van der Waals surface area contributed by atoms with Crippen molar-refractivity contribution in [3.05, 3.63) is 126 Å². The summed E-state index contributed by atoms with van der Waals surface area (Å²) in [6.45, 7) is 1.94. The van der Waals surface area contributed by atoms with Crippen LogP contribution in [0.2, 0.25) is 0 Å². The van der Waals surface area contributed by atoms with Crippen molar-refractivity contribution < 1.29 is 14.4 Å². The SMILES string of the molecule is Cc1ccccc1/C=C(\NC(=O)c1ccccc1)C(=O)Nc1cccc(SCC(=O)Nc2ccncc2)c1. The van der Waals surface area contributed by atoms with E-state index in [0.29, 0.717) is 16.9 Å². The van der Waals surface area contributed by atoms with E-state index < -0.39 is 5.91 Å². The highest BCUT2D eigenvalue weighted by atomic mass is 32.2. The molecule has 0 atom stereocenters. The van der Waals surface area contributed by atoms with Crippen LogP contribution in [0.1, 0.15) is 21.5 Å². The lowest BCUT2D eigenvalue weighted by atomic mass is 10.1. The van der Waals surface area contributed by atoms with Gasteiger partial charge in [0.1, 0.15) is 5.70 Å². The summed E-state index contributed by atoms with van der Waals surface area (Å²) in [6.07, 6.45) is 4.88. The molecule has 0 aliphatic heterocycles. The molecular formula is C30H26N4O3S. The van der Waals surface area contributed by atoms with Gasteiger partial charge in [-0.15, -0.1) is 11.8 Å². The fourth-order valence-corrected chi connectivity index (χ4v) is 4.24. The normalized spacial score (nSPS) is 10.9. The summed E-state index contributed by atoms with van der Waals surface area (Å²) in [5.74, 6) is -0.798. The molecular weight excluding hydrogens is 496 g/mol. The maximum Gasteiger partial charge on any atom is 0.272 e. The molecule has 3 N–H and O–H groups in total. The number of carbonyl (C=O) groups excluding carboxylic acids is 3. The fourth-order valence-electron chi connectivity index (χ4n) is 3.49. The minimum absolute atomic E-state index is 0.114. The van der Waals surface area contributed by atoms with Gasteiger partial charge in [0, 0.05) is 34.2 Å². The molecule has 38 heavy (non-hydrogen) atoms. The third-order valence-electron chi connectivity index (χ3n) is 5.44. The fraction of sp³-hybridized carbons (Fsp3) is 0.0667. The Morgan fingerprint density at radius 2 is 1.55 bits per heavy atom. The van der Waals surface area contributed by atoms with Crippen LogP contribution < -0.4 is 16.0 Å². The summed E-state index contributed by atoms with van der Waals surface area (Å²) < 4.78 is 0.